The van der Waals surface area contributed by atoms with E-state index in [9.17, 15) is 0 Å². The maximum atomic E-state index is 6.31. The minimum Gasteiger partial charge on any atom is -0.490 e. The maximum Gasteiger partial charge on any atom is 0.124 e. The van der Waals surface area contributed by atoms with Gasteiger partial charge in [0.15, 0.2) is 0 Å². The molecule has 1 fully saturated rings. The van der Waals surface area contributed by atoms with E-state index in [4.69, 9.17) is 4.74 Å². The largest absolute Gasteiger partial charge is 0.490 e. The van der Waals surface area contributed by atoms with Crippen LogP contribution in [0.4, 0.5) is 0 Å². The lowest BCUT2D eigenvalue weighted by molar-refractivity contribution is 0.180. The molecule has 0 aromatic heterocycles. The van der Waals surface area contributed by atoms with Gasteiger partial charge in [0.2, 0.25) is 0 Å². The van der Waals surface area contributed by atoms with E-state index < -0.39 is 0 Å². The first kappa shape index (κ1) is 14.4. The van der Waals surface area contributed by atoms with Crippen molar-refractivity contribution >= 4 is 0 Å². The van der Waals surface area contributed by atoms with Gasteiger partial charge in [-0.05, 0) is 45.2 Å². The molecule has 1 N–H and O–H groups in total. The highest BCUT2D eigenvalue weighted by atomic mass is 16.5. The quantitative estimate of drug-likeness (QED) is 0.790. The molecule has 1 aromatic carbocycles. The second kappa shape index (κ2) is 7.54. The van der Waals surface area contributed by atoms with Crippen molar-refractivity contribution in [2.24, 2.45) is 0 Å². The predicted molar refractivity (Wildman–Crippen MR) is 80.7 cm³/mol. The van der Waals surface area contributed by atoms with Gasteiger partial charge >= 0.3 is 0 Å². The van der Waals surface area contributed by atoms with Crippen molar-refractivity contribution < 1.29 is 4.74 Å². The van der Waals surface area contributed by atoms with Gasteiger partial charge in [0, 0.05) is 11.6 Å². The molecule has 1 unspecified atom stereocenters. The summed E-state index contributed by atoms with van der Waals surface area (Å²) in [4.78, 5) is 0. The Bertz CT molecular complexity index is 365. The Labute approximate surface area is 117 Å². The van der Waals surface area contributed by atoms with E-state index >= 15 is 0 Å². The SMILES string of the molecule is CCC(NC)c1ccccc1OC1CCCCCC1. The van der Waals surface area contributed by atoms with Crippen LogP contribution in [-0.2, 0) is 0 Å². The Morgan fingerprint density at radius 1 is 1.16 bits per heavy atom. The van der Waals surface area contributed by atoms with E-state index in [1.807, 2.05) is 7.05 Å². The molecule has 0 saturated heterocycles. The molecule has 2 nitrogen and oxygen atoms in total. The zero-order valence-corrected chi connectivity index (χ0v) is 12.3. The molecular formula is C17H27NO. The number of para-hydroxylation sites is 1. The maximum absolute atomic E-state index is 6.31. The van der Waals surface area contributed by atoms with E-state index in [1.165, 1.54) is 44.1 Å². The monoisotopic (exact) mass is 261 g/mol. The summed E-state index contributed by atoms with van der Waals surface area (Å²) in [5, 5.41) is 3.38. The lowest BCUT2D eigenvalue weighted by atomic mass is 10.0. The first-order valence-electron chi connectivity index (χ1n) is 7.78. The Morgan fingerprint density at radius 3 is 2.47 bits per heavy atom. The molecule has 1 saturated carbocycles. The van der Waals surface area contributed by atoms with Crippen molar-refractivity contribution in [3.8, 4) is 5.75 Å². The zero-order valence-electron chi connectivity index (χ0n) is 12.3. The van der Waals surface area contributed by atoms with E-state index in [0.717, 1.165) is 12.2 Å². The van der Waals surface area contributed by atoms with Gasteiger partial charge in [0.05, 0.1) is 6.10 Å². The summed E-state index contributed by atoms with van der Waals surface area (Å²) >= 11 is 0. The topological polar surface area (TPSA) is 21.3 Å². The molecule has 1 aromatic rings. The smallest absolute Gasteiger partial charge is 0.124 e. The molecule has 0 amide bonds. The van der Waals surface area contributed by atoms with Crippen LogP contribution in [0.5, 0.6) is 5.75 Å². The Kier molecular flexibility index (Phi) is 5.71. The summed E-state index contributed by atoms with van der Waals surface area (Å²) in [6, 6.07) is 8.89. The summed E-state index contributed by atoms with van der Waals surface area (Å²) in [6.45, 7) is 2.21. The summed E-state index contributed by atoms with van der Waals surface area (Å²) in [5.41, 5.74) is 1.30. The zero-order chi connectivity index (χ0) is 13.5. The Morgan fingerprint density at radius 2 is 1.84 bits per heavy atom. The number of ether oxygens (including phenoxy) is 1. The van der Waals surface area contributed by atoms with Gasteiger partial charge in [-0.2, -0.15) is 0 Å². The fourth-order valence-electron chi connectivity index (χ4n) is 2.99. The second-order valence-corrected chi connectivity index (χ2v) is 5.52. The van der Waals surface area contributed by atoms with Crippen LogP contribution >= 0.6 is 0 Å². The number of hydrogen-bond donors (Lipinski definition) is 1. The van der Waals surface area contributed by atoms with E-state index in [-0.39, 0.29) is 0 Å². The fraction of sp³-hybridized carbons (Fsp3) is 0.647. The number of hydrogen-bond acceptors (Lipinski definition) is 2. The van der Waals surface area contributed by atoms with Gasteiger partial charge in [-0.25, -0.2) is 0 Å². The second-order valence-electron chi connectivity index (χ2n) is 5.52. The lowest BCUT2D eigenvalue weighted by Crippen LogP contribution is -2.20. The highest BCUT2D eigenvalue weighted by molar-refractivity contribution is 5.36. The average molecular weight is 261 g/mol. The van der Waals surface area contributed by atoms with Gasteiger partial charge in [-0.3, -0.25) is 0 Å². The minimum absolute atomic E-state index is 0.391. The Hall–Kier alpha value is -1.02. The molecule has 0 aliphatic heterocycles. The summed E-state index contributed by atoms with van der Waals surface area (Å²) < 4.78 is 6.31. The predicted octanol–water partition coefficient (Wildman–Crippen LogP) is 4.46. The highest BCUT2D eigenvalue weighted by Crippen LogP contribution is 2.30. The first-order chi connectivity index (χ1) is 9.35. The number of benzene rings is 1. The van der Waals surface area contributed by atoms with Gasteiger partial charge in [0.25, 0.3) is 0 Å². The van der Waals surface area contributed by atoms with Gasteiger partial charge < -0.3 is 10.1 Å². The third kappa shape index (κ3) is 3.97. The van der Waals surface area contributed by atoms with Crippen LogP contribution in [0, 0.1) is 0 Å². The number of nitrogens with one attached hydrogen (secondary N) is 1. The highest BCUT2D eigenvalue weighted by Gasteiger charge is 2.17. The molecule has 0 bridgehead atoms. The number of rotatable bonds is 5. The van der Waals surface area contributed by atoms with Crippen molar-refractivity contribution in [1.82, 2.24) is 5.32 Å². The van der Waals surface area contributed by atoms with Crippen molar-refractivity contribution in [2.75, 3.05) is 7.05 Å². The van der Waals surface area contributed by atoms with E-state index in [2.05, 4.69) is 36.5 Å². The van der Waals surface area contributed by atoms with Crippen LogP contribution in [0.1, 0.15) is 63.5 Å². The first-order valence-corrected chi connectivity index (χ1v) is 7.78. The molecule has 2 heteroatoms. The van der Waals surface area contributed by atoms with E-state index in [0.29, 0.717) is 12.1 Å². The molecule has 1 aliphatic rings. The fourth-order valence-corrected chi connectivity index (χ4v) is 2.99. The summed E-state index contributed by atoms with van der Waals surface area (Å²) in [6.07, 6.45) is 9.30. The van der Waals surface area contributed by atoms with Crippen LogP contribution in [0.15, 0.2) is 24.3 Å². The van der Waals surface area contributed by atoms with Crippen LogP contribution in [0.2, 0.25) is 0 Å². The van der Waals surface area contributed by atoms with Crippen molar-refractivity contribution in [3.63, 3.8) is 0 Å². The molecule has 19 heavy (non-hydrogen) atoms. The molecule has 2 rings (SSSR count). The van der Waals surface area contributed by atoms with Crippen LogP contribution in [-0.4, -0.2) is 13.2 Å². The van der Waals surface area contributed by atoms with E-state index in [1.54, 1.807) is 0 Å². The van der Waals surface area contributed by atoms with Gasteiger partial charge in [-0.1, -0.05) is 38.0 Å². The van der Waals surface area contributed by atoms with Gasteiger partial charge in [-0.15, -0.1) is 0 Å². The molecule has 0 spiro atoms. The lowest BCUT2D eigenvalue weighted by Gasteiger charge is -2.23. The van der Waals surface area contributed by atoms with Gasteiger partial charge in [0.1, 0.15) is 5.75 Å². The molecular weight excluding hydrogens is 234 g/mol. The normalized spacial score (nSPS) is 18.8. The van der Waals surface area contributed by atoms with Crippen LogP contribution in [0.25, 0.3) is 0 Å². The molecule has 0 radical (unpaired) electrons. The molecule has 1 aliphatic carbocycles. The third-order valence-corrected chi connectivity index (χ3v) is 4.15. The van der Waals surface area contributed by atoms with Crippen LogP contribution < -0.4 is 10.1 Å². The molecule has 106 valence electrons. The third-order valence-electron chi connectivity index (χ3n) is 4.15. The van der Waals surface area contributed by atoms with Crippen molar-refractivity contribution in [1.29, 1.82) is 0 Å². The Balaban J connectivity index is 2.10. The minimum atomic E-state index is 0.391. The standard InChI is InChI=1S/C17H27NO/c1-3-16(18-2)15-12-8-9-13-17(15)19-14-10-6-4-5-7-11-14/h8-9,12-14,16,18H,3-7,10-11H2,1-2H3. The van der Waals surface area contributed by atoms with Crippen molar-refractivity contribution in [3.05, 3.63) is 29.8 Å². The molecule has 0 heterocycles. The van der Waals surface area contributed by atoms with Crippen molar-refractivity contribution in [2.45, 2.75) is 64.0 Å². The average Bonchev–Trinajstić information content (AvgIpc) is 2.71. The van der Waals surface area contributed by atoms with Crippen LogP contribution in [0.3, 0.4) is 0 Å². The summed E-state index contributed by atoms with van der Waals surface area (Å²) in [5.74, 6) is 1.08. The summed E-state index contributed by atoms with van der Waals surface area (Å²) in [7, 11) is 2.02. The molecule has 1 atom stereocenters.